The summed E-state index contributed by atoms with van der Waals surface area (Å²) in [6.07, 6.45) is -0.564. The van der Waals surface area contributed by atoms with Crippen molar-refractivity contribution in [1.29, 1.82) is 0 Å². The number of hydrogen-bond acceptors (Lipinski definition) is 5. The van der Waals surface area contributed by atoms with Crippen LogP contribution in [0.2, 0.25) is 0 Å². The zero-order valence-electron chi connectivity index (χ0n) is 16.8. The fourth-order valence-electron chi connectivity index (χ4n) is 3.20. The Bertz CT molecular complexity index is 755. The number of amides is 1. The van der Waals surface area contributed by atoms with Crippen LogP contribution in [0.5, 0.6) is 11.5 Å². The van der Waals surface area contributed by atoms with Crippen molar-refractivity contribution in [1.82, 2.24) is 4.90 Å². The van der Waals surface area contributed by atoms with E-state index >= 15 is 0 Å². The lowest BCUT2D eigenvalue weighted by molar-refractivity contribution is -0.137. The van der Waals surface area contributed by atoms with Gasteiger partial charge in [-0.1, -0.05) is 12.1 Å². The summed E-state index contributed by atoms with van der Waals surface area (Å²) in [6.45, 7) is 5.68. The first-order valence-electron chi connectivity index (χ1n) is 9.54. The molecule has 150 valence electrons. The van der Waals surface area contributed by atoms with Gasteiger partial charge in [-0.2, -0.15) is 0 Å². The summed E-state index contributed by atoms with van der Waals surface area (Å²) in [5.41, 5.74) is 2.28. The molecule has 1 unspecified atom stereocenters. The molecule has 1 saturated heterocycles. The second kappa shape index (κ2) is 9.46. The van der Waals surface area contributed by atoms with E-state index in [2.05, 4.69) is 29.2 Å². The summed E-state index contributed by atoms with van der Waals surface area (Å²) in [7, 11) is 3.41. The average Bonchev–Trinajstić information content (AvgIpc) is 2.74. The van der Waals surface area contributed by atoms with Crippen LogP contribution < -0.4 is 14.4 Å². The topological polar surface area (TPSA) is 51.2 Å². The molecule has 1 aliphatic rings. The first-order chi connectivity index (χ1) is 13.6. The van der Waals surface area contributed by atoms with Crippen LogP contribution in [-0.2, 0) is 16.1 Å². The van der Waals surface area contributed by atoms with Crippen molar-refractivity contribution in [3.63, 3.8) is 0 Å². The van der Waals surface area contributed by atoms with Crippen molar-refractivity contribution in [3.05, 3.63) is 54.1 Å². The van der Waals surface area contributed by atoms with Gasteiger partial charge in [0.1, 0.15) is 11.5 Å². The number of anilines is 1. The van der Waals surface area contributed by atoms with Gasteiger partial charge in [-0.15, -0.1) is 0 Å². The molecule has 1 amide bonds. The Hall–Kier alpha value is -2.73. The van der Waals surface area contributed by atoms with E-state index in [1.54, 1.807) is 38.1 Å². The molecule has 0 aliphatic carbocycles. The standard InChI is InChI=1S/C22H28N2O4/c1-17(28-21-10-8-20(26-3)9-11-21)22(25)23(2)16-18-4-6-19(7-5-18)24-12-14-27-15-13-24/h4-11,17H,12-16H2,1-3H3. The summed E-state index contributed by atoms with van der Waals surface area (Å²) in [5, 5.41) is 0. The third kappa shape index (κ3) is 5.16. The highest BCUT2D eigenvalue weighted by Crippen LogP contribution is 2.20. The number of ether oxygens (including phenoxy) is 3. The maximum atomic E-state index is 12.6. The minimum Gasteiger partial charge on any atom is -0.497 e. The minimum absolute atomic E-state index is 0.0620. The van der Waals surface area contributed by atoms with Gasteiger partial charge in [0.25, 0.3) is 5.91 Å². The molecule has 0 spiro atoms. The predicted molar refractivity (Wildman–Crippen MR) is 109 cm³/mol. The molecule has 0 bridgehead atoms. The molecule has 0 saturated carbocycles. The second-order valence-corrected chi connectivity index (χ2v) is 6.90. The van der Waals surface area contributed by atoms with E-state index in [1.807, 2.05) is 12.1 Å². The third-order valence-corrected chi connectivity index (χ3v) is 4.83. The van der Waals surface area contributed by atoms with Crippen molar-refractivity contribution >= 4 is 11.6 Å². The number of likely N-dealkylation sites (N-methyl/N-ethyl adjacent to an activating group) is 1. The maximum Gasteiger partial charge on any atom is 0.263 e. The predicted octanol–water partition coefficient (Wildman–Crippen LogP) is 2.96. The zero-order chi connectivity index (χ0) is 19.9. The first-order valence-corrected chi connectivity index (χ1v) is 9.54. The number of nitrogens with zero attached hydrogens (tertiary/aromatic N) is 2. The van der Waals surface area contributed by atoms with E-state index in [-0.39, 0.29) is 5.91 Å². The van der Waals surface area contributed by atoms with E-state index in [0.29, 0.717) is 12.3 Å². The van der Waals surface area contributed by atoms with Gasteiger partial charge < -0.3 is 24.0 Å². The van der Waals surface area contributed by atoms with Crippen molar-refractivity contribution in [2.24, 2.45) is 0 Å². The largest absolute Gasteiger partial charge is 0.497 e. The SMILES string of the molecule is COc1ccc(OC(C)C(=O)N(C)Cc2ccc(N3CCOCC3)cc2)cc1. The van der Waals surface area contributed by atoms with Crippen LogP contribution >= 0.6 is 0 Å². The van der Waals surface area contributed by atoms with Crippen molar-refractivity contribution in [3.8, 4) is 11.5 Å². The lowest BCUT2D eigenvalue weighted by atomic mass is 10.1. The maximum absolute atomic E-state index is 12.6. The number of benzene rings is 2. The highest BCUT2D eigenvalue weighted by atomic mass is 16.5. The Labute approximate surface area is 166 Å². The average molecular weight is 384 g/mol. The van der Waals surface area contributed by atoms with Crippen LogP contribution in [-0.4, -0.2) is 57.4 Å². The summed E-state index contributed by atoms with van der Waals surface area (Å²) >= 11 is 0. The number of methoxy groups -OCH3 is 1. The Balaban J connectivity index is 1.53. The smallest absolute Gasteiger partial charge is 0.263 e. The number of carbonyl (C=O) groups is 1. The molecule has 0 aromatic heterocycles. The Morgan fingerprint density at radius 3 is 2.29 bits per heavy atom. The molecule has 1 heterocycles. The van der Waals surface area contributed by atoms with Crippen LogP contribution in [0, 0.1) is 0 Å². The highest BCUT2D eigenvalue weighted by molar-refractivity contribution is 5.80. The van der Waals surface area contributed by atoms with Crippen LogP contribution in [0.25, 0.3) is 0 Å². The number of rotatable bonds is 7. The van der Waals surface area contributed by atoms with Gasteiger partial charge in [-0.25, -0.2) is 0 Å². The van der Waals surface area contributed by atoms with Gasteiger partial charge in [-0.05, 0) is 48.9 Å². The van der Waals surface area contributed by atoms with Gasteiger partial charge in [0.2, 0.25) is 0 Å². The summed E-state index contributed by atoms with van der Waals surface area (Å²) in [5.74, 6) is 1.34. The van der Waals surface area contributed by atoms with Crippen molar-refractivity contribution in [2.45, 2.75) is 19.6 Å². The molecule has 2 aromatic carbocycles. The number of morpholine rings is 1. The normalized spacial score (nSPS) is 15.0. The van der Waals surface area contributed by atoms with Crippen LogP contribution in [0.15, 0.2) is 48.5 Å². The Kier molecular flexibility index (Phi) is 6.76. The Morgan fingerprint density at radius 2 is 1.68 bits per heavy atom. The van der Waals surface area contributed by atoms with Crippen LogP contribution in [0.3, 0.4) is 0 Å². The molecule has 2 aromatic rings. The molecular formula is C22H28N2O4. The molecule has 1 fully saturated rings. The monoisotopic (exact) mass is 384 g/mol. The molecule has 1 atom stereocenters. The Morgan fingerprint density at radius 1 is 1.07 bits per heavy atom. The molecule has 3 rings (SSSR count). The van der Waals surface area contributed by atoms with E-state index in [1.165, 1.54) is 5.69 Å². The van der Waals surface area contributed by atoms with Gasteiger partial charge >= 0.3 is 0 Å². The molecule has 6 nitrogen and oxygen atoms in total. The number of hydrogen-bond donors (Lipinski definition) is 0. The fraction of sp³-hybridized carbons (Fsp3) is 0.409. The summed E-state index contributed by atoms with van der Waals surface area (Å²) < 4.78 is 16.3. The van der Waals surface area contributed by atoms with Gasteiger partial charge in [0.15, 0.2) is 6.10 Å². The molecular weight excluding hydrogens is 356 g/mol. The molecule has 1 aliphatic heterocycles. The molecule has 6 heteroatoms. The van der Waals surface area contributed by atoms with E-state index < -0.39 is 6.10 Å². The molecule has 0 N–H and O–H groups in total. The highest BCUT2D eigenvalue weighted by Gasteiger charge is 2.19. The van der Waals surface area contributed by atoms with Gasteiger partial charge in [-0.3, -0.25) is 4.79 Å². The number of carbonyl (C=O) groups excluding carboxylic acids is 1. The summed E-state index contributed by atoms with van der Waals surface area (Å²) in [4.78, 5) is 16.6. The van der Waals surface area contributed by atoms with Gasteiger partial charge in [0, 0.05) is 32.4 Å². The van der Waals surface area contributed by atoms with E-state index in [4.69, 9.17) is 14.2 Å². The van der Waals surface area contributed by atoms with Crippen molar-refractivity contribution < 1.29 is 19.0 Å². The third-order valence-electron chi connectivity index (χ3n) is 4.83. The van der Waals surface area contributed by atoms with Crippen LogP contribution in [0.1, 0.15) is 12.5 Å². The minimum atomic E-state index is -0.564. The zero-order valence-corrected chi connectivity index (χ0v) is 16.8. The van der Waals surface area contributed by atoms with Crippen molar-refractivity contribution in [2.75, 3.05) is 45.4 Å². The molecule has 0 radical (unpaired) electrons. The lowest BCUT2D eigenvalue weighted by Gasteiger charge is -2.29. The van der Waals surface area contributed by atoms with E-state index in [0.717, 1.165) is 37.6 Å². The quantitative estimate of drug-likeness (QED) is 0.735. The second-order valence-electron chi connectivity index (χ2n) is 6.90. The molecule has 28 heavy (non-hydrogen) atoms. The van der Waals surface area contributed by atoms with Crippen LogP contribution in [0.4, 0.5) is 5.69 Å². The first kappa shape index (κ1) is 20.0. The fourth-order valence-corrected chi connectivity index (χ4v) is 3.20. The summed E-state index contributed by atoms with van der Waals surface area (Å²) in [6, 6.07) is 15.6. The lowest BCUT2D eigenvalue weighted by Crippen LogP contribution is -2.37. The van der Waals surface area contributed by atoms with Gasteiger partial charge in [0.05, 0.1) is 20.3 Å². The van der Waals surface area contributed by atoms with E-state index in [9.17, 15) is 4.79 Å².